The van der Waals surface area contributed by atoms with E-state index in [-0.39, 0.29) is 19.1 Å². The molecule has 1 atom stereocenters. The van der Waals surface area contributed by atoms with Gasteiger partial charge in [0.2, 0.25) is 0 Å². The van der Waals surface area contributed by atoms with Crippen molar-refractivity contribution in [3.05, 3.63) is 65.2 Å². The Labute approximate surface area is 128 Å². The van der Waals surface area contributed by atoms with Crippen LogP contribution in [0.25, 0.3) is 0 Å². The maximum Gasteiger partial charge on any atom is 0.258 e. The van der Waals surface area contributed by atoms with Gasteiger partial charge >= 0.3 is 0 Å². The van der Waals surface area contributed by atoms with Crippen molar-refractivity contribution in [1.29, 1.82) is 0 Å². The Hall–Kier alpha value is -2.04. The number of amides is 1. The molecule has 2 rings (SSSR count). The van der Waals surface area contributed by atoms with Crippen LogP contribution in [0.1, 0.15) is 11.6 Å². The lowest BCUT2D eigenvalue weighted by Gasteiger charge is -2.17. The van der Waals surface area contributed by atoms with Crippen molar-refractivity contribution in [2.75, 3.05) is 13.2 Å². The first-order chi connectivity index (χ1) is 10.2. The van der Waals surface area contributed by atoms with Gasteiger partial charge in [-0.15, -0.1) is 0 Å². The van der Waals surface area contributed by atoms with E-state index in [1.165, 1.54) is 0 Å². The van der Waals surface area contributed by atoms with Gasteiger partial charge in [-0.05, 0) is 23.8 Å². The first kappa shape index (κ1) is 15.4. The van der Waals surface area contributed by atoms with Crippen LogP contribution in [0.5, 0.6) is 5.75 Å². The molecule has 0 unspecified atom stereocenters. The fraction of sp³-hybridized carbons (Fsp3) is 0.188. The Morgan fingerprint density at radius 3 is 2.62 bits per heavy atom. The summed E-state index contributed by atoms with van der Waals surface area (Å²) in [4.78, 5) is 11.9. The third kappa shape index (κ3) is 4.77. The largest absolute Gasteiger partial charge is 0.484 e. The molecule has 2 aromatic rings. The fourth-order valence-electron chi connectivity index (χ4n) is 1.86. The van der Waals surface area contributed by atoms with Crippen LogP contribution in [0, 0.1) is 0 Å². The number of ether oxygens (including phenoxy) is 1. The summed E-state index contributed by atoms with van der Waals surface area (Å²) in [6, 6.07) is 15.7. The Balaban J connectivity index is 1.89. The number of aliphatic hydroxyl groups excluding tert-OH is 1. The molecule has 0 aromatic heterocycles. The maximum absolute atomic E-state index is 11.9. The number of carbonyl (C=O) groups is 1. The van der Waals surface area contributed by atoms with Gasteiger partial charge in [-0.1, -0.05) is 48.0 Å². The van der Waals surface area contributed by atoms with E-state index >= 15 is 0 Å². The molecule has 21 heavy (non-hydrogen) atoms. The van der Waals surface area contributed by atoms with Crippen molar-refractivity contribution in [2.24, 2.45) is 0 Å². The highest BCUT2D eigenvalue weighted by molar-refractivity contribution is 6.30. The number of hydrogen-bond acceptors (Lipinski definition) is 3. The molecule has 0 radical (unpaired) electrons. The van der Waals surface area contributed by atoms with Crippen molar-refractivity contribution in [3.8, 4) is 5.75 Å². The predicted molar refractivity (Wildman–Crippen MR) is 81.4 cm³/mol. The average Bonchev–Trinajstić information content (AvgIpc) is 2.51. The van der Waals surface area contributed by atoms with Gasteiger partial charge in [0.05, 0.1) is 12.6 Å². The molecule has 2 aromatic carbocycles. The quantitative estimate of drug-likeness (QED) is 0.862. The highest BCUT2D eigenvalue weighted by atomic mass is 35.5. The summed E-state index contributed by atoms with van der Waals surface area (Å²) in [6.07, 6.45) is 0. The van der Waals surface area contributed by atoms with Gasteiger partial charge in [0.25, 0.3) is 5.91 Å². The van der Waals surface area contributed by atoms with Gasteiger partial charge in [-0.3, -0.25) is 4.79 Å². The smallest absolute Gasteiger partial charge is 0.258 e. The number of carbonyl (C=O) groups excluding carboxylic acids is 1. The number of nitrogens with one attached hydrogen (secondary N) is 1. The van der Waals surface area contributed by atoms with Crippen LogP contribution in [0.15, 0.2) is 54.6 Å². The lowest BCUT2D eigenvalue weighted by atomic mass is 10.1. The van der Waals surface area contributed by atoms with E-state index < -0.39 is 6.04 Å². The van der Waals surface area contributed by atoms with Gasteiger partial charge in [-0.25, -0.2) is 0 Å². The minimum atomic E-state index is -0.443. The molecular weight excluding hydrogens is 290 g/mol. The number of aliphatic hydroxyl groups is 1. The SMILES string of the molecule is O=C(COc1cccc(Cl)c1)N[C@H](CO)c1ccccc1. The molecule has 0 fully saturated rings. The molecule has 0 bridgehead atoms. The van der Waals surface area contributed by atoms with E-state index in [2.05, 4.69) is 5.32 Å². The molecule has 0 heterocycles. The molecule has 0 saturated carbocycles. The van der Waals surface area contributed by atoms with Gasteiger partial charge in [0.1, 0.15) is 5.75 Å². The van der Waals surface area contributed by atoms with Crippen LogP contribution in [0.2, 0.25) is 5.02 Å². The zero-order valence-electron chi connectivity index (χ0n) is 11.3. The first-order valence-corrected chi connectivity index (χ1v) is 6.90. The zero-order valence-corrected chi connectivity index (χ0v) is 12.1. The normalized spacial score (nSPS) is 11.7. The van der Waals surface area contributed by atoms with Crippen LogP contribution in [0.4, 0.5) is 0 Å². The summed E-state index contributed by atoms with van der Waals surface area (Å²) in [5.74, 6) is 0.218. The molecular formula is C16H16ClNO3. The molecule has 0 aliphatic carbocycles. The van der Waals surface area contributed by atoms with Crippen molar-refractivity contribution < 1.29 is 14.6 Å². The van der Waals surface area contributed by atoms with Crippen LogP contribution in [0.3, 0.4) is 0 Å². The monoisotopic (exact) mass is 305 g/mol. The van der Waals surface area contributed by atoms with Gasteiger partial charge in [-0.2, -0.15) is 0 Å². The molecule has 4 nitrogen and oxygen atoms in total. The lowest BCUT2D eigenvalue weighted by Crippen LogP contribution is -2.34. The van der Waals surface area contributed by atoms with E-state index in [4.69, 9.17) is 16.3 Å². The summed E-state index contributed by atoms with van der Waals surface area (Å²) >= 11 is 5.83. The molecule has 1 amide bonds. The second-order valence-electron chi connectivity index (χ2n) is 4.46. The second kappa shape index (κ2) is 7.67. The van der Waals surface area contributed by atoms with Gasteiger partial charge in [0, 0.05) is 5.02 Å². The number of benzene rings is 2. The number of rotatable bonds is 6. The van der Waals surface area contributed by atoms with Crippen molar-refractivity contribution in [3.63, 3.8) is 0 Å². The van der Waals surface area contributed by atoms with Crippen molar-refractivity contribution in [2.45, 2.75) is 6.04 Å². The minimum Gasteiger partial charge on any atom is -0.484 e. The highest BCUT2D eigenvalue weighted by Crippen LogP contribution is 2.17. The Morgan fingerprint density at radius 1 is 1.19 bits per heavy atom. The first-order valence-electron chi connectivity index (χ1n) is 6.52. The molecule has 0 aliphatic heterocycles. The Kier molecular flexibility index (Phi) is 5.60. The second-order valence-corrected chi connectivity index (χ2v) is 4.90. The van der Waals surface area contributed by atoms with E-state index in [0.717, 1.165) is 5.56 Å². The van der Waals surface area contributed by atoms with E-state index in [1.807, 2.05) is 30.3 Å². The average molecular weight is 306 g/mol. The third-order valence-corrected chi connectivity index (χ3v) is 3.12. The minimum absolute atomic E-state index is 0.135. The van der Waals surface area contributed by atoms with Crippen LogP contribution < -0.4 is 10.1 Å². The van der Waals surface area contributed by atoms with E-state index in [0.29, 0.717) is 10.8 Å². The Morgan fingerprint density at radius 2 is 1.95 bits per heavy atom. The van der Waals surface area contributed by atoms with E-state index in [1.54, 1.807) is 24.3 Å². The number of halogens is 1. The predicted octanol–water partition coefficient (Wildman–Crippen LogP) is 2.57. The summed E-state index contributed by atoms with van der Waals surface area (Å²) in [6.45, 7) is -0.309. The molecule has 5 heteroatoms. The summed E-state index contributed by atoms with van der Waals surface area (Å²) in [5.41, 5.74) is 0.844. The van der Waals surface area contributed by atoms with Crippen molar-refractivity contribution in [1.82, 2.24) is 5.32 Å². The molecule has 0 aliphatic rings. The third-order valence-electron chi connectivity index (χ3n) is 2.89. The fourth-order valence-corrected chi connectivity index (χ4v) is 2.04. The Bertz CT molecular complexity index is 589. The number of hydrogen-bond donors (Lipinski definition) is 2. The van der Waals surface area contributed by atoms with Crippen LogP contribution in [-0.4, -0.2) is 24.2 Å². The highest BCUT2D eigenvalue weighted by Gasteiger charge is 2.13. The topological polar surface area (TPSA) is 58.6 Å². The van der Waals surface area contributed by atoms with E-state index in [9.17, 15) is 9.90 Å². The zero-order chi connectivity index (χ0) is 15.1. The standard InChI is InChI=1S/C16H16ClNO3/c17-13-7-4-8-14(9-13)21-11-16(20)18-15(10-19)12-5-2-1-3-6-12/h1-9,15,19H,10-11H2,(H,18,20)/t15-/m1/s1. The molecule has 110 valence electrons. The summed E-state index contributed by atoms with van der Waals surface area (Å²) in [7, 11) is 0. The maximum atomic E-state index is 11.9. The molecule has 0 saturated heterocycles. The lowest BCUT2D eigenvalue weighted by molar-refractivity contribution is -0.124. The van der Waals surface area contributed by atoms with Gasteiger partial charge in [0.15, 0.2) is 6.61 Å². The van der Waals surface area contributed by atoms with Crippen LogP contribution >= 0.6 is 11.6 Å². The molecule has 2 N–H and O–H groups in total. The van der Waals surface area contributed by atoms with Crippen molar-refractivity contribution >= 4 is 17.5 Å². The van der Waals surface area contributed by atoms with Crippen LogP contribution in [-0.2, 0) is 4.79 Å². The summed E-state index contributed by atoms with van der Waals surface area (Å²) < 4.78 is 5.35. The van der Waals surface area contributed by atoms with Gasteiger partial charge < -0.3 is 15.2 Å². The molecule has 0 spiro atoms. The summed E-state index contributed by atoms with van der Waals surface area (Å²) in [5, 5.41) is 12.6.